The van der Waals surface area contributed by atoms with Crippen LogP contribution in [-0.2, 0) is 4.74 Å². The molecule has 1 saturated carbocycles. The highest BCUT2D eigenvalue weighted by molar-refractivity contribution is 6.33. The lowest BCUT2D eigenvalue weighted by molar-refractivity contribution is -0.0767. The van der Waals surface area contributed by atoms with Crippen LogP contribution in [0.3, 0.4) is 0 Å². The summed E-state index contributed by atoms with van der Waals surface area (Å²) in [6, 6.07) is 2.12. The van der Waals surface area contributed by atoms with E-state index in [-0.39, 0.29) is 22.4 Å². The first-order chi connectivity index (χ1) is 9.58. The van der Waals surface area contributed by atoms with Gasteiger partial charge in [-0.05, 0) is 31.7 Å². The molecular weight excluding hydrogens is 284 g/mol. The van der Waals surface area contributed by atoms with Gasteiger partial charge in [0.25, 0.3) is 0 Å². The monoisotopic (exact) mass is 301 g/mol. The van der Waals surface area contributed by atoms with E-state index in [4.69, 9.17) is 16.3 Å². The van der Waals surface area contributed by atoms with E-state index in [0.717, 1.165) is 37.8 Å². The van der Waals surface area contributed by atoms with Gasteiger partial charge in [-0.25, -0.2) is 8.78 Å². The molecule has 1 saturated heterocycles. The van der Waals surface area contributed by atoms with Crippen molar-refractivity contribution in [1.29, 1.82) is 0 Å². The summed E-state index contributed by atoms with van der Waals surface area (Å²) in [5.41, 5.74) is 0.159. The highest BCUT2D eigenvalue weighted by atomic mass is 35.5. The third-order valence-corrected chi connectivity index (χ3v) is 4.66. The minimum absolute atomic E-state index is 0.0428. The van der Waals surface area contributed by atoms with E-state index in [1.54, 1.807) is 0 Å². The summed E-state index contributed by atoms with van der Waals surface area (Å²) < 4.78 is 32.8. The van der Waals surface area contributed by atoms with E-state index in [0.29, 0.717) is 6.61 Å². The number of benzene rings is 1. The first-order valence-electron chi connectivity index (χ1n) is 7.13. The minimum Gasteiger partial charge on any atom is -0.379 e. The third-order valence-electron chi connectivity index (χ3n) is 4.36. The Bertz CT molecular complexity index is 480. The van der Waals surface area contributed by atoms with Crippen LogP contribution in [0, 0.1) is 11.6 Å². The topological polar surface area (TPSA) is 21.3 Å². The fraction of sp³-hybridized carbons (Fsp3) is 0.600. The molecule has 110 valence electrons. The fourth-order valence-corrected chi connectivity index (χ4v) is 3.65. The average molecular weight is 302 g/mol. The van der Waals surface area contributed by atoms with Crippen molar-refractivity contribution in [3.05, 3.63) is 28.8 Å². The average Bonchev–Trinajstić information content (AvgIpc) is 2.82. The van der Waals surface area contributed by atoms with Crippen LogP contribution in [0.15, 0.2) is 12.1 Å². The van der Waals surface area contributed by atoms with E-state index < -0.39 is 11.6 Å². The van der Waals surface area contributed by atoms with Crippen LogP contribution in [0.2, 0.25) is 5.02 Å². The molecule has 1 N–H and O–H groups in total. The molecular formula is C15H18ClF2NO. The van der Waals surface area contributed by atoms with E-state index in [2.05, 4.69) is 5.32 Å². The number of hydrogen-bond donors (Lipinski definition) is 1. The van der Waals surface area contributed by atoms with Crippen molar-refractivity contribution in [1.82, 2.24) is 0 Å². The third kappa shape index (κ3) is 2.77. The van der Waals surface area contributed by atoms with Crippen molar-refractivity contribution < 1.29 is 13.5 Å². The van der Waals surface area contributed by atoms with Crippen molar-refractivity contribution in [3.63, 3.8) is 0 Å². The van der Waals surface area contributed by atoms with Crippen LogP contribution in [0.5, 0.6) is 0 Å². The standard InChI is InChI=1S/C15H18ClF2NO/c16-12-7-10(17)8-13(18)14(12)19-11-3-6-20-15(9-11)4-1-2-5-15/h7-8,11,19H,1-6,9H2. The second kappa shape index (κ2) is 5.49. The first-order valence-corrected chi connectivity index (χ1v) is 7.51. The molecule has 1 heterocycles. The van der Waals surface area contributed by atoms with Gasteiger partial charge < -0.3 is 10.1 Å². The van der Waals surface area contributed by atoms with E-state index in [9.17, 15) is 8.78 Å². The number of ether oxygens (including phenoxy) is 1. The van der Waals surface area contributed by atoms with Gasteiger partial charge in [0.2, 0.25) is 0 Å². The molecule has 2 aliphatic rings. The molecule has 0 bridgehead atoms. The van der Waals surface area contributed by atoms with Gasteiger partial charge in [0.15, 0.2) is 5.82 Å². The molecule has 0 radical (unpaired) electrons. The Morgan fingerprint density at radius 1 is 1.25 bits per heavy atom. The summed E-state index contributed by atoms with van der Waals surface area (Å²) in [6.07, 6.45) is 6.21. The maximum Gasteiger partial charge on any atom is 0.150 e. The zero-order valence-corrected chi connectivity index (χ0v) is 12.0. The van der Waals surface area contributed by atoms with Crippen LogP contribution in [0.4, 0.5) is 14.5 Å². The van der Waals surface area contributed by atoms with Gasteiger partial charge in [-0.2, -0.15) is 0 Å². The predicted octanol–water partition coefficient (Wildman–Crippen LogP) is 4.52. The van der Waals surface area contributed by atoms with E-state index in [1.165, 1.54) is 12.8 Å². The van der Waals surface area contributed by atoms with E-state index >= 15 is 0 Å². The Balaban J connectivity index is 1.74. The number of rotatable bonds is 2. The molecule has 3 rings (SSSR count). The van der Waals surface area contributed by atoms with Crippen LogP contribution in [0.25, 0.3) is 0 Å². The van der Waals surface area contributed by atoms with Crippen molar-refractivity contribution in [3.8, 4) is 0 Å². The minimum atomic E-state index is -0.655. The Morgan fingerprint density at radius 2 is 2.00 bits per heavy atom. The second-order valence-corrected chi connectivity index (χ2v) is 6.22. The van der Waals surface area contributed by atoms with Gasteiger partial charge in [0.1, 0.15) is 5.82 Å². The maximum atomic E-state index is 13.8. The Labute approximate surface area is 122 Å². The van der Waals surface area contributed by atoms with Gasteiger partial charge in [0.05, 0.1) is 16.3 Å². The highest BCUT2D eigenvalue weighted by Gasteiger charge is 2.40. The molecule has 5 heteroatoms. The van der Waals surface area contributed by atoms with Crippen LogP contribution >= 0.6 is 11.6 Å². The zero-order chi connectivity index (χ0) is 14.2. The Hall–Kier alpha value is -0.870. The molecule has 0 amide bonds. The molecule has 1 aromatic rings. The molecule has 0 aromatic heterocycles. The van der Waals surface area contributed by atoms with Gasteiger partial charge in [-0.3, -0.25) is 0 Å². The lowest BCUT2D eigenvalue weighted by Gasteiger charge is -2.39. The Morgan fingerprint density at radius 3 is 2.70 bits per heavy atom. The summed E-state index contributed by atoms with van der Waals surface area (Å²) in [5, 5.41) is 3.23. The second-order valence-electron chi connectivity index (χ2n) is 5.82. The first kappa shape index (κ1) is 14.1. The highest BCUT2D eigenvalue weighted by Crippen LogP contribution is 2.41. The van der Waals surface area contributed by atoms with Crippen LogP contribution < -0.4 is 5.32 Å². The van der Waals surface area contributed by atoms with Crippen molar-refractivity contribution >= 4 is 17.3 Å². The van der Waals surface area contributed by atoms with Crippen molar-refractivity contribution in [2.24, 2.45) is 0 Å². The van der Waals surface area contributed by atoms with Crippen LogP contribution in [-0.4, -0.2) is 18.2 Å². The molecule has 20 heavy (non-hydrogen) atoms. The maximum absolute atomic E-state index is 13.8. The molecule has 1 aliphatic heterocycles. The van der Waals surface area contributed by atoms with Gasteiger partial charge in [-0.1, -0.05) is 24.4 Å². The van der Waals surface area contributed by atoms with Crippen molar-refractivity contribution in [2.75, 3.05) is 11.9 Å². The zero-order valence-electron chi connectivity index (χ0n) is 11.2. The van der Waals surface area contributed by atoms with Crippen LogP contribution in [0.1, 0.15) is 38.5 Å². The largest absolute Gasteiger partial charge is 0.379 e. The van der Waals surface area contributed by atoms with Gasteiger partial charge in [-0.15, -0.1) is 0 Å². The predicted molar refractivity (Wildman–Crippen MR) is 75.2 cm³/mol. The molecule has 2 fully saturated rings. The van der Waals surface area contributed by atoms with E-state index in [1.807, 2.05) is 0 Å². The summed E-state index contributed by atoms with van der Waals surface area (Å²) >= 11 is 5.93. The number of nitrogens with one attached hydrogen (secondary N) is 1. The molecule has 1 unspecified atom stereocenters. The number of halogens is 3. The number of anilines is 1. The van der Waals surface area contributed by atoms with Crippen molar-refractivity contribution in [2.45, 2.75) is 50.2 Å². The molecule has 1 aliphatic carbocycles. The lowest BCUT2D eigenvalue weighted by Crippen LogP contribution is -2.42. The Kier molecular flexibility index (Phi) is 3.87. The lowest BCUT2D eigenvalue weighted by atomic mass is 9.89. The SMILES string of the molecule is Fc1cc(F)c(NC2CCOC3(CCCC3)C2)c(Cl)c1. The quantitative estimate of drug-likeness (QED) is 0.867. The molecule has 1 spiro atoms. The fourth-order valence-electron chi connectivity index (χ4n) is 3.40. The normalized spacial score (nSPS) is 25.1. The summed E-state index contributed by atoms with van der Waals surface area (Å²) in [4.78, 5) is 0. The van der Waals surface area contributed by atoms with Gasteiger partial charge in [0, 0.05) is 18.7 Å². The smallest absolute Gasteiger partial charge is 0.150 e. The molecule has 1 aromatic carbocycles. The summed E-state index contributed by atoms with van der Waals surface area (Å²) in [7, 11) is 0. The summed E-state index contributed by atoms with van der Waals surface area (Å²) in [6.45, 7) is 0.679. The van der Waals surface area contributed by atoms with Gasteiger partial charge >= 0.3 is 0 Å². The summed E-state index contributed by atoms with van der Waals surface area (Å²) in [5.74, 6) is -1.29. The molecule has 2 nitrogen and oxygen atoms in total. The number of hydrogen-bond acceptors (Lipinski definition) is 2. The molecule has 1 atom stereocenters.